The van der Waals surface area contributed by atoms with Crippen LogP contribution in [0.4, 0.5) is 0 Å². The van der Waals surface area contributed by atoms with Crippen LogP contribution >= 0.6 is 0 Å². The van der Waals surface area contributed by atoms with Crippen LogP contribution in [0.3, 0.4) is 0 Å². The first-order valence-electron chi connectivity index (χ1n) is 10.8. The molecule has 8 nitrogen and oxygen atoms in total. The van der Waals surface area contributed by atoms with Gasteiger partial charge in [0.05, 0.1) is 30.5 Å². The third-order valence-electron chi connectivity index (χ3n) is 5.50. The zero-order chi connectivity index (χ0) is 21.5. The van der Waals surface area contributed by atoms with E-state index in [4.69, 9.17) is 14.1 Å². The normalized spacial score (nSPS) is 14.1. The number of rotatable bonds is 9. The fourth-order valence-electron chi connectivity index (χ4n) is 3.82. The molecule has 3 aromatic rings. The maximum atomic E-state index is 12.8. The number of benzene rings is 1. The zero-order valence-corrected chi connectivity index (χ0v) is 17.6. The van der Waals surface area contributed by atoms with Crippen molar-refractivity contribution in [3.8, 4) is 0 Å². The molecule has 0 aliphatic carbocycles. The lowest BCUT2D eigenvalue weighted by Gasteiger charge is -2.27. The van der Waals surface area contributed by atoms with Crippen molar-refractivity contribution in [2.24, 2.45) is 0 Å². The smallest absolute Gasteiger partial charge is 0.286 e. The fourth-order valence-corrected chi connectivity index (χ4v) is 3.82. The molecule has 2 aromatic heterocycles. The SMILES string of the molecule is O=C(NCCCCCc1nc2ccccc2n1CC(=O)N1CCOCC1)c1ccco1. The first kappa shape index (κ1) is 21.1. The lowest BCUT2D eigenvalue weighted by molar-refractivity contribution is -0.135. The second-order valence-electron chi connectivity index (χ2n) is 7.64. The Balaban J connectivity index is 1.31. The number of furan rings is 1. The van der Waals surface area contributed by atoms with E-state index < -0.39 is 0 Å². The number of imidazole rings is 1. The molecule has 0 unspecified atom stereocenters. The number of unbranched alkanes of at least 4 members (excludes halogenated alkanes) is 2. The van der Waals surface area contributed by atoms with E-state index in [0.717, 1.165) is 42.5 Å². The van der Waals surface area contributed by atoms with Crippen LogP contribution in [0.2, 0.25) is 0 Å². The highest BCUT2D eigenvalue weighted by Gasteiger charge is 2.20. The van der Waals surface area contributed by atoms with E-state index in [-0.39, 0.29) is 11.8 Å². The van der Waals surface area contributed by atoms with Crippen molar-refractivity contribution in [1.82, 2.24) is 19.8 Å². The number of hydrogen-bond acceptors (Lipinski definition) is 5. The summed E-state index contributed by atoms with van der Waals surface area (Å²) in [5, 5.41) is 2.87. The number of hydrogen-bond donors (Lipinski definition) is 1. The lowest BCUT2D eigenvalue weighted by atomic mass is 10.2. The molecule has 8 heteroatoms. The van der Waals surface area contributed by atoms with E-state index in [1.165, 1.54) is 6.26 Å². The number of para-hydroxylation sites is 2. The number of carbonyl (C=O) groups excluding carboxylic acids is 2. The Kier molecular flexibility index (Phi) is 6.99. The highest BCUT2D eigenvalue weighted by molar-refractivity contribution is 5.91. The molecular formula is C23H28N4O4. The Hall–Kier alpha value is -3.13. The summed E-state index contributed by atoms with van der Waals surface area (Å²) in [6.07, 6.45) is 5.05. The summed E-state index contributed by atoms with van der Waals surface area (Å²) in [4.78, 5) is 31.3. The first-order chi connectivity index (χ1) is 15.2. The number of aromatic nitrogens is 2. The van der Waals surface area contributed by atoms with Crippen molar-refractivity contribution in [3.05, 3.63) is 54.2 Å². The molecule has 164 valence electrons. The molecule has 31 heavy (non-hydrogen) atoms. The van der Waals surface area contributed by atoms with Crippen molar-refractivity contribution >= 4 is 22.8 Å². The number of aryl methyl sites for hydroxylation is 1. The van der Waals surface area contributed by atoms with Crippen LogP contribution in [0.25, 0.3) is 11.0 Å². The Morgan fingerprint density at radius 2 is 1.87 bits per heavy atom. The number of amides is 2. The van der Waals surface area contributed by atoms with Gasteiger partial charge in [-0.1, -0.05) is 18.6 Å². The van der Waals surface area contributed by atoms with Crippen molar-refractivity contribution in [2.75, 3.05) is 32.8 Å². The highest BCUT2D eigenvalue weighted by atomic mass is 16.5. The minimum Gasteiger partial charge on any atom is -0.459 e. The molecule has 4 rings (SSSR count). The monoisotopic (exact) mass is 424 g/mol. The van der Waals surface area contributed by atoms with Gasteiger partial charge in [0.2, 0.25) is 5.91 Å². The van der Waals surface area contributed by atoms with E-state index in [9.17, 15) is 9.59 Å². The van der Waals surface area contributed by atoms with Crippen molar-refractivity contribution < 1.29 is 18.7 Å². The van der Waals surface area contributed by atoms with E-state index in [1.54, 1.807) is 12.1 Å². The largest absolute Gasteiger partial charge is 0.459 e. The number of carbonyl (C=O) groups is 2. The van der Waals surface area contributed by atoms with Crippen LogP contribution in [0, 0.1) is 0 Å². The Morgan fingerprint density at radius 3 is 2.68 bits per heavy atom. The van der Waals surface area contributed by atoms with E-state index in [2.05, 4.69) is 5.32 Å². The van der Waals surface area contributed by atoms with Gasteiger partial charge in [0.1, 0.15) is 12.4 Å². The maximum absolute atomic E-state index is 12.8. The number of nitrogens with one attached hydrogen (secondary N) is 1. The number of ether oxygens (including phenoxy) is 1. The van der Waals surface area contributed by atoms with Crippen LogP contribution in [0.5, 0.6) is 0 Å². The number of morpholine rings is 1. The average Bonchev–Trinajstić information content (AvgIpc) is 3.45. The molecule has 1 fully saturated rings. The van der Waals surface area contributed by atoms with Crippen LogP contribution in [0.15, 0.2) is 47.1 Å². The molecular weight excluding hydrogens is 396 g/mol. The van der Waals surface area contributed by atoms with Gasteiger partial charge in [-0.2, -0.15) is 0 Å². The van der Waals surface area contributed by atoms with Gasteiger partial charge in [-0.25, -0.2) is 4.98 Å². The molecule has 1 N–H and O–H groups in total. The summed E-state index contributed by atoms with van der Waals surface area (Å²) in [6, 6.07) is 11.3. The molecule has 0 bridgehead atoms. The van der Waals surface area contributed by atoms with E-state index >= 15 is 0 Å². The van der Waals surface area contributed by atoms with Gasteiger partial charge in [-0.05, 0) is 37.1 Å². The zero-order valence-electron chi connectivity index (χ0n) is 17.6. The third-order valence-corrected chi connectivity index (χ3v) is 5.50. The molecule has 3 heterocycles. The molecule has 1 aromatic carbocycles. The molecule has 2 amide bonds. The van der Waals surface area contributed by atoms with Crippen LogP contribution < -0.4 is 5.32 Å². The Labute approximate surface area is 181 Å². The number of nitrogens with zero attached hydrogens (tertiary/aromatic N) is 3. The predicted octanol–water partition coefficient (Wildman–Crippen LogP) is 2.63. The summed E-state index contributed by atoms with van der Waals surface area (Å²) < 4.78 is 12.5. The summed E-state index contributed by atoms with van der Waals surface area (Å²) in [5.74, 6) is 1.18. The Morgan fingerprint density at radius 1 is 1.03 bits per heavy atom. The van der Waals surface area contributed by atoms with Crippen molar-refractivity contribution in [1.29, 1.82) is 0 Å². The molecule has 0 spiro atoms. The summed E-state index contributed by atoms with van der Waals surface area (Å²) in [6.45, 7) is 3.38. The summed E-state index contributed by atoms with van der Waals surface area (Å²) in [7, 11) is 0. The fraction of sp³-hybridized carbons (Fsp3) is 0.435. The van der Waals surface area contributed by atoms with Crippen LogP contribution in [-0.2, 0) is 22.5 Å². The van der Waals surface area contributed by atoms with Crippen LogP contribution in [0.1, 0.15) is 35.6 Å². The summed E-state index contributed by atoms with van der Waals surface area (Å²) >= 11 is 0. The van der Waals surface area contributed by atoms with Crippen molar-refractivity contribution in [3.63, 3.8) is 0 Å². The lowest BCUT2D eigenvalue weighted by Crippen LogP contribution is -2.42. The van der Waals surface area contributed by atoms with E-state index in [0.29, 0.717) is 45.2 Å². The van der Waals surface area contributed by atoms with Gasteiger partial charge in [-0.15, -0.1) is 0 Å². The molecule has 1 aliphatic heterocycles. The van der Waals surface area contributed by atoms with Gasteiger partial charge < -0.3 is 23.9 Å². The van der Waals surface area contributed by atoms with Crippen LogP contribution in [-0.4, -0.2) is 59.1 Å². The Bertz CT molecular complexity index is 1010. The molecule has 0 saturated carbocycles. The van der Waals surface area contributed by atoms with Gasteiger partial charge in [0, 0.05) is 26.1 Å². The third kappa shape index (κ3) is 5.32. The van der Waals surface area contributed by atoms with Gasteiger partial charge in [0.25, 0.3) is 5.91 Å². The minimum atomic E-state index is -0.187. The van der Waals surface area contributed by atoms with Gasteiger partial charge >= 0.3 is 0 Å². The second-order valence-corrected chi connectivity index (χ2v) is 7.64. The van der Waals surface area contributed by atoms with Crippen molar-refractivity contribution in [2.45, 2.75) is 32.2 Å². The molecule has 0 atom stereocenters. The van der Waals surface area contributed by atoms with E-state index in [1.807, 2.05) is 33.7 Å². The first-order valence-corrected chi connectivity index (χ1v) is 10.8. The topological polar surface area (TPSA) is 89.6 Å². The predicted molar refractivity (Wildman–Crippen MR) is 116 cm³/mol. The average molecular weight is 425 g/mol. The number of fused-ring (bicyclic) bond motifs is 1. The quantitative estimate of drug-likeness (QED) is 0.534. The summed E-state index contributed by atoms with van der Waals surface area (Å²) in [5.41, 5.74) is 1.91. The molecule has 1 aliphatic rings. The maximum Gasteiger partial charge on any atom is 0.286 e. The van der Waals surface area contributed by atoms with Gasteiger partial charge in [-0.3, -0.25) is 9.59 Å². The van der Waals surface area contributed by atoms with Gasteiger partial charge in [0.15, 0.2) is 5.76 Å². The standard InChI is InChI=1S/C23H28N4O4/c28-22(26-12-15-30-16-13-26)17-27-19-8-4-3-7-18(19)25-21(27)10-2-1-5-11-24-23(29)20-9-6-14-31-20/h3-4,6-9,14H,1-2,5,10-13,15-17H2,(H,24,29). The molecule has 0 radical (unpaired) electrons. The molecule has 1 saturated heterocycles. The second kappa shape index (κ2) is 10.3. The highest BCUT2D eigenvalue weighted by Crippen LogP contribution is 2.18. The minimum absolute atomic E-state index is 0.105.